The van der Waals surface area contributed by atoms with Crippen LogP contribution in [0, 0.1) is 0 Å². The number of hydrogen-bond donors (Lipinski definition) is 2. The first-order valence-corrected chi connectivity index (χ1v) is 4.98. The van der Waals surface area contributed by atoms with E-state index in [-0.39, 0.29) is 6.61 Å². The molecule has 0 aliphatic carbocycles. The van der Waals surface area contributed by atoms with Crippen LogP contribution in [0.4, 0.5) is 5.69 Å². The summed E-state index contributed by atoms with van der Waals surface area (Å²) in [4.78, 5) is 0. The summed E-state index contributed by atoms with van der Waals surface area (Å²) in [6.45, 7) is -0.0305. The van der Waals surface area contributed by atoms with Crippen LogP contribution in [0.15, 0.2) is 18.2 Å². The maximum atomic E-state index is 8.98. The third-order valence-corrected chi connectivity index (χ3v) is 3.15. The van der Waals surface area contributed by atoms with Crippen LogP contribution in [0.2, 0.25) is 4.34 Å². The van der Waals surface area contributed by atoms with E-state index in [0.29, 0.717) is 5.69 Å². The SMILES string of the molecule is Nc1cc2cc(Cl)sc2cc1CO. The Morgan fingerprint density at radius 3 is 2.85 bits per heavy atom. The van der Waals surface area contributed by atoms with Crippen LogP contribution in [0.1, 0.15) is 5.56 Å². The molecule has 0 amide bonds. The third kappa shape index (κ3) is 1.50. The Labute approximate surface area is 84.6 Å². The number of nitrogens with two attached hydrogens (primary N) is 1. The van der Waals surface area contributed by atoms with E-state index in [9.17, 15) is 0 Å². The van der Waals surface area contributed by atoms with Gasteiger partial charge in [-0.05, 0) is 23.6 Å². The second-order valence-electron chi connectivity index (χ2n) is 2.80. The molecule has 0 aliphatic rings. The van der Waals surface area contributed by atoms with Gasteiger partial charge in [-0.1, -0.05) is 11.6 Å². The first-order chi connectivity index (χ1) is 6.20. The maximum Gasteiger partial charge on any atom is 0.0940 e. The smallest absolute Gasteiger partial charge is 0.0940 e. The average molecular weight is 214 g/mol. The molecular formula is C9H8ClNOS. The lowest BCUT2D eigenvalue weighted by atomic mass is 10.1. The quantitative estimate of drug-likeness (QED) is 0.716. The Kier molecular flexibility index (Phi) is 2.15. The van der Waals surface area contributed by atoms with Crippen LogP contribution in [-0.2, 0) is 6.61 Å². The van der Waals surface area contributed by atoms with Gasteiger partial charge in [0.05, 0.1) is 10.9 Å². The predicted octanol–water partition coefficient (Wildman–Crippen LogP) is 2.63. The van der Waals surface area contributed by atoms with E-state index in [2.05, 4.69) is 0 Å². The van der Waals surface area contributed by atoms with Crippen LogP contribution in [-0.4, -0.2) is 5.11 Å². The lowest BCUT2D eigenvalue weighted by molar-refractivity contribution is 0.283. The summed E-state index contributed by atoms with van der Waals surface area (Å²) in [7, 11) is 0. The Morgan fingerprint density at radius 1 is 1.38 bits per heavy atom. The summed E-state index contributed by atoms with van der Waals surface area (Å²) in [6.07, 6.45) is 0. The molecule has 3 N–H and O–H groups in total. The fourth-order valence-electron chi connectivity index (χ4n) is 1.25. The van der Waals surface area contributed by atoms with Crippen molar-refractivity contribution in [1.29, 1.82) is 0 Å². The normalized spacial score (nSPS) is 10.9. The van der Waals surface area contributed by atoms with Crippen molar-refractivity contribution in [1.82, 2.24) is 0 Å². The molecule has 13 heavy (non-hydrogen) atoms. The molecular weight excluding hydrogens is 206 g/mol. The highest BCUT2D eigenvalue weighted by molar-refractivity contribution is 7.22. The molecule has 0 radical (unpaired) electrons. The number of aliphatic hydroxyl groups is 1. The molecule has 2 aromatic rings. The van der Waals surface area contributed by atoms with E-state index in [0.717, 1.165) is 20.0 Å². The zero-order valence-corrected chi connectivity index (χ0v) is 8.32. The highest BCUT2D eigenvalue weighted by Crippen LogP contribution is 2.32. The fraction of sp³-hybridized carbons (Fsp3) is 0.111. The third-order valence-electron chi connectivity index (χ3n) is 1.92. The first-order valence-electron chi connectivity index (χ1n) is 3.79. The molecule has 1 aromatic carbocycles. The summed E-state index contributed by atoms with van der Waals surface area (Å²) in [5.74, 6) is 0. The standard InChI is InChI=1S/C9H8ClNOS/c10-9-3-5-1-7(11)6(4-12)2-8(5)13-9/h1-3,12H,4,11H2. The van der Waals surface area contributed by atoms with Gasteiger partial charge < -0.3 is 10.8 Å². The van der Waals surface area contributed by atoms with Gasteiger partial charge in [-0.3, -0.25) is 0 Å². The fourth-order valence-corrected chi connectivity index (χ4v) is 2.45. The van der Waals surface area contributed by atoms with Crippen LogP contribution in [0.3, 0.4) is 0 Å². The molecule has 68 valence electrons. The molecule has 0 saturated heterocycles. The summed E-state index contributed by atoms with van der Waals surface area (Å²) < 4.78 is 1.80. The van der Waals surface area contributed by atoms with Crippen molar-refractivity contribution in [3.8, 4) is 0 Å². The lowest BCUT2D eigenvalue weighted by Crippen LogP contribution is -1.92. The molecule has 0 atom stereocenters. The van der Waals surface area contributed by atoms with Gasteiger partial charge in [0, 0.05) is 16.0 Å². The Hall–Kier alpha value is -0.770. The Balaban J connectivity index is 2.72. The number of benzene rings is 1. The number of anilines is 1. The molecule has 0 fully saturated rings. The van der Waals surface area contributed by atoms with Crippen molar-refractivity contribution in [3.63, 3.8) is 0 Å². The van der Waals surface area contributed by atoms with Gasteiger partial charge in [-0.25, -0.2) is 0 Å². The van der Waals surface area contributed by atoms with Crippen LogP contribution in [0.25, 0.3) is 10.1 Å². The van der Waals surface area contributed by atoms with E-state index in [1.807, 2.05) is 18.2 Å². The monoisotopic (exact) mass is 213 g/mol. The summed E-state index contributed by atoms with van der Waals surface area (Å²) in [5, 5.41) is 10.0. The van der Waals surface area contributed by atoms with Crippen LogP contribution >= 0.6 is 22.9 Å². The number of thiophene rings is 1. The lowest BCUT2D eigenvalue weighted by Gasteiger charge is -2.01. The molecule has 1 aromatic heterocycles. The number of nitrogen functional groups attached to an aromatic ring is 1. The van der Waals surface area contributed by atoms with Gasteiger partial charge in [0.15, 0.2) is 0 Å². The molecule has 0 saturated carbocycles. The van der Waals surface area contributed by atoms with Crippen molar-refractivity contribution in [2.45, 2.75) is 6.61 Å². The van der Waals surface area contributed by atoms with Crippen molar-refractivity contribution in [3.05, 3.63) is 28.1 Å². The van der Waals surface area contributed by atoms with Gasteiger partial charge in [0.1, 0.15) is 0 Å². The largest absolute Gasteiger partial charge is 0.398 e. The number of fused-ring (bicyclic) bond motifs is 1. The predicted molar refractivity (Wildman–Crippen MR) is 57.2 cm³/mol. The Bertz CT molecular complexity index is 452. The second kappa shape index (κ2) is 3.18. The molecule has 0 aliphatic heterocycles. The highest BCUT2D eigenvalue weighted by atomic mass is 35.5. The minimum absolute atomic E-state index is 0.0305. The van der Waals surface area contributed by atoms with Gasteiger partial charge >= 0.3 is 0 Å². The minimum Gasteiger partial charge on any atom is -0.398 e. The van der Waals surface area contributed by atoms with Crippen molar-refractivity contribution in [2.24, 2.45) is 0 Å². The molecule has 4 heteroatoms. The van der Waals surface area contributed by atoms with Crippen LogP contribution in [0.5, 0.6) is 0 Å². The molecule has 1 heterocycles. The Morgan fingerprint density at radius 2 is 2.15 bits per heavy atom. The molecule has 0 unspecified atom stereocenters. The zero-order chi connectivity index (χ0) is 9.42. The topological polar surface area (TPSA) is 46.2 Å². The molecule has 0 spiro atoms. The first kappa shape index (κ1) is 8.81. The van der Waals surface area contributed by atoms with Crippen molar-refractivity contribution in [2.75, 3.05) is 5.73 Å². The summed E-state index contributed by atoms with van der Waals surface area (Å²) >= 11 is 7.34. The molecule has 2 nitrogen and oxygen atoms in total. The summed E-state index contributed by atoms with van der Waals surface area (Å²) in [5.41, 5.74) is 7.08. The van der Waals surface area contributed by atoms with E-state index < -0.39 is 0 Å². The van der Waals surface area contributed by atoms with Crippen molar-refractivity contribution >= 4 is 38.7 Å². The van der Waals surface area contributed by atoms with Gasteiger partial charge in [-0.2, -0.15) is 0 Å². The van der Waals surface area contributed by atoms with E-state index >= 15 is 0 Å². The van der Waals surface area contributed by atoms with E-state index in [1.165, 1.54) is 11.3 Å². The number of aliphatic hydroxyl groups excluding tert-OH is 1. The van der Waals surface area contributed by atoms with Gasteiger partial charge in [0.2, 0.25) is 0 Å². The van der Waals surface area contributed by atoms with E-state index in [1.54, 1.807) is 0 Å². The number of rotatable bonds is 1. The van der Waals surface area contributed by atoms with Crippen molar-refractivity contribution < 1.29 is 5.11 Å². The number of halogens is 1. The number of hydrogen-bond acceptors (Lipinski definition) is 3. The second-order valence-corrected chi connectivity index (χ2v) is 4.51. The highest BCUT2D eigenvalue weighted by Gasteiger charge is 2.04. The maximum absolute atomic E-state index is 8.98. The minimum atomic E-state index is -0.0305. The summed E-state index contributed by atoms with van der Waals surface area (Å²) in [6, 6.07) is 5.59. The van der Waals surface area contributed by atoms with Gasteiger partial charge in [0.25, 0.3) is 0 Å². The van der Waals surface area contributed by atoms with Gasteiger partial charge in [-0.15, -0.1) is 11.3 Å². The van der Waals surface area contributed by atoms with Crippen LogP contribution < -0.4 is 5.73 Å². The molecule has 2 rings (SSSR count). The average Bonchev–Trinajstić information content (AvgIpc) is 2.42. The molecule has 0 bridgehead atoms. The zero-order valence-electron chi connectivity index (χ0n) is 6.75. The van der Waals surface area contributed by atoms with E-state index in [4.69, 9.17) is 22.4 Å².